The summed E-state index contributed by atoms with van der Waals surface area (Å²) in [6.45, 7) is 4.71. The van der Waals surface area contributed by atoms with Crippen molar-refractivity contribution in [3.8, 4) is 0 Å². The zero-order valence-electron chi connectivity index (χ0n) is 10.7. The molecule has 100 valence electrons. The number of thioether (sulfide) groups is 1. The second-order valence-electron chi connectivity index (χ2n) is 4.31. The standard InChI is InChI=1S/C12H20N4OS/c1-2-5-14-10-8-11(16-12(13)15-10)18-9-3-6-17-7-4-9/h8-9H,2-7H2,1H3,(H3,13,14,15,16). The number of aromatic nitrogens is 2. The molecule has 3 N–H and O–H groups in total. The van der Waals surface area contributed by atoms with Crippen LogP contribution in [0.5, 0.6) is 0 Å². The fourth-order valence-electron chi connectivity index (χ4n) is 1.81. The van der Waals surface area contributed by atoms with Gasteiger partial charge in [-0.2, -0.15) is 4.98 Å². The molecule has 0 spiro atoms. The van der Waals surface area contributed by atoms with Crippen LogP contribution >= 0.6 is 11.8 Å². The summed E-state index contributed by atoms with van der Waals surface area (Å²) in [5, 5.41) is 4.77. The molecule has 18 heavy (non-hydrogen) atoms. The third-order valence-electron chi connectivity index (χ3n) is 2.73. The molecule has 2 heterocycles. The van der Waals surface area contributed by atoms with E-state index in [9.17, 15) is 0 Å². The minimum atomic E-state index is 0.339. The van der Waals surface area contributed by atoms with Crippen LogP contribution in [0.4, 0.5) is 11.8 Å². The van der Waals surface area contributed by atoms with Gasteiger partial charge in [0.1, 0.15) is 10.8 Å². The number of ether oxygens (including phenoxy) is 1. The maximum atomic E-state index is 5.74. The van der Waals surface area contributed by atoms with Gasteiger partial charge in [-0.05, 0) is 19.3 Å². The minimum absolute atomic E-state index is 0.339. The van der Waals surface area contributed by atoms with E-state index in [1.54, 1.807) is 11.8 Å². The molecule has 6 heteroatoms. The summed E-state index contributed by atoms with van der Waals surface area (Å²) in [7, 11) is 0. The van der Waals surface area contributed by atoms with Crippen LogP contribution in [0.1, 0.15) is 26.2 Å². The average Bonchev–Trinajstić information content (AvgIpc) is 2.37. The van der Waals surface area contributed by atoms with Gasteiger partial charge in [-0.15, -0.1) is 11.8 Å². The van der Waals surface area contributed by atoms with E-state index in [1.165, 1.54) is 0 Å². The predicted octanol–water partition coefficient (Wildman–Crippen LogP) is 2.15. The second kappa shape index (κ2) is 6.80. The molecule has 0 saturated carbocycles. The Morgan fingerprint density at radius 1 is 1.44 bits per heavy atom. The Balaban J connectivity index is 1.99. The van der Waals surface area contributed by atoms with E-state index in [1.807, 2.05) is 6.07 Å². The van der Waals surface area contributed by atoms with Gasteiger partial charge in [0.05, 0.1) is 0 Å². The van der Waals surface area contributed by atoms with Crippen LogP contribution in [-0.4, -0.2) is 35.0 Å². The van der Waals surface area contributed by atoms with Crippen LogP contribution in [0.15, 0.2) is 11.1 Å². The Morgan fingerprint density at radius 3 is 2.94 bits per heavy atom. The Bertz CT molecular complexity index is 382. The molecule has 2 rings (SSSR count). The van der Waals surface area contributed by atoms with E-state index in [2.05, 4.69) is 22.2 Å². The SMILES string of the molecule is CCCNc1cc(SC2CCOCC2)nc(N)n1. The fourth-order valence-corrected chi connectivity index (χ4v) is 2.91. The van der Waals surface area contributed by atoms with E-state index >= 15 is 0 Å². The van der Waals surface area contributed by atoms with Crippen LogP contribution in [0, 0.1) is 0 Å². The van der Waals surface area contributed by atoms with Crippen LogP contribution in [0.25, 0.3) is 0 Å². The third kappa shape index (κ3) is 4.03. The van der Waals surface area contributed by atoms with E-state index in [-0.39, 0.29) is 0 Å². The lowest BCUT2D eigenvalue weighted by molar-refractivity contribution is 0.1000. The van der Waals surface area contributed by atoms with Gasteiger partial charge in [0, 0.05) is 31.1 Å². The minimum Gasteiger partial charge on any atom is -0.381 e. The van der Waals surface area contributed by atoms with Gasteiger partial charge in [0.25, 0.3) is 0 Å². The molecule has 0 amide bonds. The zero-order valence-corrected chi connectivity index (χ0v) is 11.5. The molecule has 0 unspecified atom stereocenters. The number of nitrogens with one attached hydrogen (secondary N) is 1. The Kier molecular flexibility index (Phi) is 5.07. The van der Waals surface area contributed by atoms with Crippen LogP contribution in [0.2, 0.25) is 0 Å². The Labute approximate surface area is 112 Å². The molecule has 1 aromatic rings. The van der Waals surface area contributed by atoms with Crippen LogP contribution < -0.4 is 11.1 Å². The van der Waals surface area contributed by atoms with Crippen LogP contribution in [-0.2, 0) is 4.74 Å². The van der Waals surface area contributed by atoms with Gasteiger partial charge in [-0.1, -0.05) is 6.92 Å². The molecule has 5 nitrogen and oxygen atoms in total. The highest BCUT2D eigenvalue weighted by atomic mass is 32.2. The molecular formula is C12H20N4OS. The first-order valence-electron chi connectivity index (χ1n) is 6.40. The maximum Gasteiger partial charge on any atom is 0.223 e. The summed E-state index contributed by atoms with van der Waals surface area (Å²) in [6.07, 6.45) is 3.21. The zero-order chi connectivity index (χ0) is 12.8. The van der Waals surface area contributed by atoms with E-state index in [4.69, 9.17) is 10.5 Å². The molecule has 0 aromatic carbocycles. The van der Waals surface area contributed by atoms with Crippen molar-refractivity contribution in [2.75, 3.05) is 30.8 Å². The molecule has 1 saturated heterocycles. The summed E-state index contributed by atoms with van der Waals surface area (Å²) in [5.74, 6) is 1.16. The molecule has 1 aliphatic heterocycles. The second-order valence-corrected chi connectivity index (χ2v) is 5.63. The first-order valence-corrected chi connectivity index (χ1v) is 7.28. The molecule has 1 fully saturated rings. The first-order chi connectivity index (χ1) is 8.78. The van der Waals surface area contributed by atoms with Crippen molar-refractivity contribution in [1.82, 2.24) is 9.97 Å². The maximum absolute atomic E-state index is 5.74. The number of nitrogens with two attached hydrogens (primary N) is 1. The van der Waals surface area contributed by atoms with Crippen molar-refractivity contribution in [2.24, 2.45) is 0 Å². The van der Waals surface area contributed by atoms with E-state index in [0.717, 1.165) is 49.9 Å². The molecule has 0 bridgehead atoms. The predicted molar refractivity (Wildman–Crippen MR) is 74.9 cm³/mol. The number of nitrogen functional groups attached to an aromatic ring is 1. The summed E-state index contributed by atoms with van der Waals surface area (Å²) < 4.78 is 5.35. The molecule has 1 aliphatic rings. The highest BCUT2D eigenvalue weighted by Gasteiger charge is 2.16. The number of rotatable bonds is 5. The quantitative estimate of drug-likeness (QED) is 0.797. The lowest BCUT2D eigenvalue weighted by Crippen LogP contribution is -2.17. The fraction of sp³-hybridized carbons (Fsp3) is 0.667. The number of hydrogen-bond acceptors (Lipinski definition) is 6. The van der Waals surface area contributed by atoms with Gasteiger partial charge >= 0.3 is 0 Å². The number of hydrogen-bond donors (Lipinski definition) is 2. The monoisotopic (exact) mass is 268 g/mol. The molecular weight excluding hydrogens is 248 g/mol. The Hall–Kier alpha value is -1.01. The topological polar surface area (TPSA) is 73.1 Å². The summed E-state index contributed by atoms with van der Waals surface area (Å²) in [4.78, 5) is 8.47. The number of anilines is 2. The largest absolute Gasteiger partial charge is 0.381 e. The van der Waals surface area contributed by atoms with Crippen molar-refractivity contribution in [2.45, 2.75) is 36.5 Å². The summed E-state index contributed by atoms with van der Waals surface area (Å²) in [5.41, 5.74) is 5.74. The normalized spacial score (nSPS) is 16.7. The Morgan fingerprint density at radius 2 is 2.22 bits per heavy atom. The van der Waals surface area contributed by atoms with Gasteiger partial charge in [-0.25, -0.2) is 4.98 Å². The highest BCUT2D eigenvalue weighted by Crippen LogP contribution is 2.29. The van der Waals surface area contributed by atoms with Crippen molar-refractivity contribution in [1.29, 1.82) is 0 Å². The van der Waals surface area contributed by atoms with E-state index in [0.29, 0.717) is 11.2 Å². The van der Waals surface area contributed by atoms with Gasteiger partial charge < -0.3 is 15.8 Å². The highest BCUT2D eigenvalue weighted by molar-refractivity contribution is 7.99. The lowest BCUT2D eigenvalue weighted by Gasteiger charge is -2.21. The molecule has 0 radical (unpaired) electrons. The average molecular weight is 268 g/mol. The van der Waals surface area contributed by atoms with Crippen molar-refractivity contribution >= 4 is 23.5 Å². The van der Waals surface area contributed by atoms with Crippen molar-refractivity contribution in [3.05, 3.63) is 6.07 Å². The third-order valence-corrected chi connectivity index (χ3v) is 3.99. The van der Waals surface area contributed by atoms with E-state index < -0.39 is 0 Å². The van der Waals surface area contributed by atoms with Crippen LogP contribution in [0.3, 0.4) is 0 Å². The lowest BCUT2D eigenvalue weighted by atomic mass is 10.2. The summed E-state index contributed by atoms with van der Waals surface area (Å²) >= 11 is 1.78. The van der Waals surface area contributed by atoms with Crippen molar-refractivity contribution < 1.29 is 4.74 Å². The molecule has 0 aliphatic carbocycles. The van der Waals surface area contributed by atoms with Gasteiger partial charge in [0.2, 0.25) is 5.95 Å². The number of nitrogens with zero attached hydrogens (tertiary/aromatic N) is 2. The van der Waals surface area contributed by atoms with Gasteiger partial charge in [0.15, 0.2) is 0 Å². The van der Waals surface area contributed by atoms with Gasteiger partial charge in [-0.3, -0.25) is 0 Å². The van der Waals surface area contributed by atoms with Crippen molar-refractivity contribution in [3.63, 3.8) is 0 Å². The first kappa shape index (κ1) is 13.4. The molecule has 1 aromatic heterocycles. The summed E-state index contributed by atoms with van der Waals surface area (Å²) in [6, 6.07) is 1.98. The smallest absolute Gasteiger partial charge is 0.223 e. The molecule has 0 atom stereocenters.